The summed E-state index contributed by atoms with van der Waals surface area (Å²) in [6.07, 6.45) is 0. The number of anilines is 1. The SMILES string of the molecule is Nc1c(-c2ccccc2)nc(S(=O)(=O)O)c2c(=O)[nH][nH]c(=O)c12. The van der Waals surface area contributed by atoms with Crippen LogP contribution in [0.2, 0.25) is 0 Å². The van der Waals surface area contributed by atoms with Gasteiger partial charge in [0.2, 0.25) is 0 Å². The van der Waals surface area contributed by atoms with Crippen LogP contribution in [0.3, 0.4) is 0 Å². The number of nitrogen functional groups attached to an aromatic ring is 1. The van der Waals surface area contributed by atoms with Crippen LogP contribution in [0.15, 0.2) is 44.9 Å². The van der Waals surface area contributed by atoms with Crippen LogP contribution in [0.25, 0.3) is 22.0 Å². The van der Waals surface area contributed by atoms with Gasteiger partial charge in [0, 0.05) is 5.56 Å². The van der Waals surface area contributed by atoms with Crippen molar-refractivity contribution in [2.75, 3.05) is 5.73 Å². The maximum atomic E-state index is 12.0. The van der Waals surface area contributed by atoms with Crippen LogP contribution in [0.4, 0.5) is 5.69 Å². The number of hydrogen-bond donors (Lipinski definition) is 4. The standard InChI is InChI=1S/C13H10N4O5S/c14-9-7-8(12(19)17-16-11(7)18)13(23(20,21)22)15-10(9)6-4-2-1-3-5-6/h1-5H,14H2,(H,16,18)(H,17,19)(H,20,21,22). The summed E-state index contributed by atoms with van der Waals surface area (Å²) in [6.45, 7) is 0. The van der Waals surface area contributed by atoms with Gasteiger partial charge in [-0.3, -0.25) is 24.3 Å². The monoisotopic (exact) mass is 334 g/mol. The molecular formula is C13H10N4O5S. The molecule has 10 heteroatoms. The van der Waals surface area contributed by atoms with Crippen molar-refractivity contribution in [3.05, 3.63) is 51.0 Å². The minimum Gasteiger partial charge on any atom is -0.396 e. The number of nitrogens with zero attached hydrogens (tertiary/aromatic N) is 1. The lowest BCUT2D eigenvalue weighted by molar-refractivity contribution is 0.480. The fourth-order valence-corrected chi connectivity index (χ4v) is 2.92. The summed E-state index contributed by atoms with van der Waals surface area (Å²) >= 11 is 0. The van der Waals surface area contributed by atoms with Crippen LogP contribution in [0.5, 0.6) is 0 Å². The zero-order valence-corrected chi connectivity index (χ0v) is 12.2. The molecule has 5 N–H and O–H groups in total. The number of fused-ring (bicyclic) bond motifs is 1. The number of pyridine rings is 1. The number of rotatable bonds is 2. The van der Waals surface area contributed by atoms with Gasteiger partial charge < -0.3 is 5.73 Å². The summed E-state index contributed by atoms with van der Waals surface area (Å²) in [5.74, 6) is 0. The maximum Gasteiger partial charge on any atom is 0.313 e. The molecule has 0 spiro atoms. The van der Waals surface area contributed by atoms with E-state index in [1.807, 2.05) is 5.10 Å². The lowest BCUT2D eigenvalue weighted by Gasteiger charge is -2.10. The first-order valence-corrected chi connectivity index (χ1v) is 7.71. The largest absolute Gasteiger partial charge is 0.396 e. The number of nitrogens with two attached hydrogens (primary N) is 1. The molecule has 0 fully saturated rings. The highest BCUT2D eigenvalue weighted by molar-refractivity contribution is 7.86. The van der Waals surface area contributed by atoms with Crippen molar-refractivity contribution in [1.29, 1.82) is 0 Å². The molecule has 23 heavy (non-hydrogen) atoms. The molecule has 0 aliphatic heterocycles. The van der Waals surface area contributed by atoms with E-state index >= 15 is 0 Å². The van der Waals surface area contributed by atoms with E-state index in [9.17, 15) is 22.6 Å². The molecule has 1 aromatic carbocycles. The summed E-state index contributed by atoms with van der Waals surface area (Å²) in [5, 5.41) is 2.18. The van der Waals surface area contributed by atoms with E-state index in [1.54, 1.807) is 30.3 Å². The predicted octanol–water partition coefficient (Wildman–Crippen LogP) is 0.107. The van der Waals surface area contributed by atoms with Crippen LogP contribution in [-0.4, -0.2) is 28.2 Å². The number of H-pyrrole nitrogens is 2. The van der Waals surface area contributed by atoms with Crippen molar-refractivity contribution in [2.45, 2.75) is 5.03 Å². The Hall–Kier alpha value is -2.98. The highest BCUT2D eigenvalue weighted by atomic mass is 32.2. The Morgan fingerprint density at radius 2 is 1.57 bits per heavy atom. The first-order chi connectivity index (χ1) is 10.8. The average Bonchev–Trinajstić information content (AvgIpc) is 2.50. The average molecular weight is 334 g/mol. The highest BCUT2D eigenvalue weighted by Gasteiger charge is 2.25. The highest BCUT2D eigenvalue weighted by Crippen LogP contribution is 2.30. The van der Waals surface area contributed by atoms with Crippen molar-refractivity contribution in [3.63, 3.8) is 0 Å². The minimum absolute atomic E-state index is 0.0261. The van der Waals surface area contributed by atoms with Crippen LogP contribution in [0, 0.1) is 0 Å². The molecule has 0 saturated heterocycles. The van der Waals surface area contributed by atoms with Gasteiger partial charge in [-0.25, -0.2) is 4.98 Å². The summed E-state index contributed by atoms with van der Waals surface area (Å²) < 4.78 is 32.6. The lowest BCUT2D eigenvalue weighted by Crippen LogP contribution is -2.23. The van der Waals surface area contributed by atoms with Crippen molar-refractivity contribution < 1.29 is 13.0 Å². The van der Waals surface area contributed by atoms with Gasteiger partial charge >= 0.3 is 10.1 Å². The second kappa shape index (κ2) is 5.04. The van der Waals surface area contributed by atoms with Gasteiger partial charge in [0.1, 0.15) is 0 Å². The second-order valence-corrected chi connectivity index (χ2v) is 6.02. The minimum atomic E-state index is -4.86. The molecule has 9 nitrogen and oxygen atoms in total. The number of aromatic amines is 2. The van der Waals surface area contributed by atoms with Gasteiger partial charge in [-0.05, 0) is 0 Å². The molecule has 0 aliphatic rings. The van der Waals surface area contributed by atoms with Gasteiger partial charge in [-0.15, -0.1) is 0 Å². The molecule has 118 valence electrons. The van der Waals surface area contributed by atoms with Crippen LogP contribution >= 0.6 is 0 Å². The van der Waals surface area contributed by atoms with Crippen molar-refractivity contribution >= 4 is 26.6 Å². The zero-order valence-electron chi connectivity index (χ0n) is 11.4. The fourth-order valence-electron chi connectivity index (χ4n) is 2.27. The molecule has 0 bridgehead atoms. The number of aromatic nitrogens is 3. The number of nitrogens with one attached hydrogen (secondary N) is 2. The molecular weight excluding hydrogens is 324 g/mol. The summed E-state index contributed by atoms with van der Waals surface area (Å²) in [6, 6.07) is 8.24. The Morgan fingerprint density at radius 3 is 2.13 bits per heavy atom. The third-order valence-electron chi connectivity index (χ3n) is 3.24. The molecule has 0 radical (unpaired) electrons. The maximum absolute atomic E-state index is 12.0. The summed E-state index contributed by atoms with van der Waals surface area (Å²) in [5.41, 5.74) is 4.42. The Labute approximate surface area is 128 Å². The Kier molecular flexibility index (Phi) is 3.27. The second-order valence-electron chi connectivity index (χ2n) is 4.68. The Bertz CT molecular complexity index is 1130. The van der Waals surface area contributed by atoms with E-state index in [4.69, 9.17) is 5.73 Å². The quantitative estimate of drug-likeness (QED) is 0.484. The van der Waals surface area contributed by atoms with Crippen molar-refractivity contribution in [2.24, 2.45) is 0 Å². The van der Waals surface area contributed by atoms with Crippen molar-refractivity contribution in [1.82, 2.24) is 15.2 Å². The number of hydrogen-bond acceptors (Lipinski definition) is 6. The van der Waals surface area contributed by atoms with Crippen LogP contribution in [0.1, 0.15) is 0 Å². The lowest BCUT2D eigenvalue weighted by atomic mass is 10.1. The summed E-state index contributed by atoms with van der Waals surface area (Å²) in [4.78, 5) is 27.7. The Morgan fingerprint density at radius 1 is 1.00 bits per heavy atom. The van der Waals surface area contributed by atoms with E-state index in [2.05, 4.69) is 10.1 Å². The molecule has 0 saturated carbocycles. The van der Waals surface area contributed by atoms with Gasteiger partial charge in [0.05, 0.1) is 22.2 Å². The molecule has 2 aromatic heterocycles. The predicted molar refractivity (Wildman–Crippen MR) is 82.6 cm³/mol. The molecule has 0 amide bonds. The van der Waals surface area contributed by atoms with E-state index in [1.165, 1.54) is 0 Å². The molecule has 0 atom stereocenters. The van der Waals surface area contributed by atoms with E-state index < -0.39 is 31.6 Å². The fraction of sp³-hybridized carbons (Fsp3) is 0. The van der Waals surface area contributed by atoms with E-state index in [0.29, 0.717) is 5.56 Å². The number of benzene rings is 1. The third kappa shape index (κ3) is 2.39. The molecule has 3 rings (SSSR count). The normalized spacial score (nSPS) is 11.7. The van der Waals surface area contributed by atoms with Crippen LogP contribution < -0.4 is 16.9 Å². The molecule has 0 unspecified atom stereocenters. The molecule has 0 aliphatic carbocycles. The summed E-state index contributed by atoms with van der Waals surface area (Å²) in [7, 11) is -4.86. The first kappa shape index (κ1) is 14.9. The topological polar surface area (TPSA) is 159 Å². The van der Waals surface area contributed by atoms with E-state index in [0.717, 1.165) is 0 Å². The van der Waals surface area contributed by atoms with E-state index in [-0.39, 0.29) is 16.8 Å². The molecule has 3 aromatic rings. The molecule has 2 heterocycles. The smallest absolute Gasteiger partial charge is 0.313 e. The van der Waals surface area contributed by atoms with Gasteiger partial charge in [-0.1, -0.05) is 30.3 Å². The van der Waals surface area contributed by atoms with Gasteiger partial charge in [0.15, 0.2) is 5.03 Å². The van der Waals surface area contributed by atoms with Crippen LogP contribution in [-0.2, 0) is 10.1 Å². The van der Waals surface area contributed by atoms with Gasteiger partial charge in [0.25, 0.3) is 11.1 Å². The van der Waals surface area contributed by atoms with Gasteiger partial charge in [-0.2, -0.15) is 8.42 Å². The third-order valence-corrected chi connectivity index (χ3v) is 4.02. The Balaban J connectivity index is 2.62. The zero-order chi connectivity index (χ0) is 16.8. The van der Waals surface area contributed by atoms with Crippen molar-refractivity contribution in [3.8, 4) is 11.3 Å². The first-order valence-electron chi connectivity index (χ1n) is 6.27.